The fourth-order valence-electron chi connectivity index (χ4n) is 2.75. The Labute approximate surface area is 121 Å². The van der Waals surface area contributed by atoms with Crippen LogP contribution in [-0.2, 0) is 14.1 Å². The van der Waals surface area contributed by atoms with Gasteiger partial charge < -0.3 is 15.6 Å². The summed E-state index contributed by atoms with van der Waals surface area (Å²) in [5.41, 5.74) is 0.0200. The van der Waals surface area contributed by atoms with Gasteiger partial charge in [-0.3, -0.25) is 13.9 Å². The third kappa shape index (κ3) is 2.46. The summed E-state index contributed by atoms with van der Waals surface area (Å²) in [7, 11) is 3.08. The molecule has 0 spiro atoms. The third-order valence-electron chi connectivity index (χ3n) is 4.01. The van der Waals surface area contributed by atoms with Gasteiger partial charge in [0.05, 0.1) is 0 Å². The van der Waals surface area contributed by atoms with Crippen LogP contribution in [0.15, 0.2) is 9.59 Å². The Bertz CT molecular complexity index is 763. The van der Waals surface area contributed by atoms with E-state index in [9.17, 15) is 9.59 Å². The first kappa shape index (κ1) is 13.9. The van der Waals surface area contributed by atoms with Crippen molar-refractivity contribution >= 4 is 17.1 Å². The van der Waals surface area contributed by atoms with E-state index in [1.165, 1.54) is 11.6 Å². The molecule has 1 fully saturated rings. The molecule has 2 aromatic heterocycles. The van der Waals surface area contributed by atoms with Crippen LogP contribution >= 0.6 is 0 Å². The minimum absolute atomic E-state index is 0.321. The number of nitrogens with one attached hydrogen (secondary N) is 3. The van der Waals surface area contributed by atoms with E-state index in [2.05, 4.69) is 20.6 Å². The van der Waals surface area contributed by atoms with Gasteiger partial charge in [-0.2, -0.15) is 4.98 Å². The molecule has 0 radical (unpaired) electrons. The largest absolute Gasteiger partial charge is 0.353 e. The SMILES string of the molecule is Cn1c(=O)c2[nH]c(NC3CCCNCC3)nc2n(C)c1=O. The van der Waals surface area contributed by atoms with Gasteiger partial charge in [0, 0.05) is 20.1 Å². The van der Waals surface area contributed by atoms with Crippen molar-refractivity contribution in [2.24, 2.45) is 14.1 Å². The number of H-pyrrole nitrogens is 1. The molecule has 0 aliphatic carbocycles. The van der Waals surface area contributed by atoms with E-state index in [1.54, 1.807) is 7.05 Å². The molecule has 114 valence electrons. The first-order chi connectivity index (χ1) is 10.1. The van der Waals surface area contributed by atoms with Gasteiger partial charge in [0.15, 0.2) is 11.2 Å². The molecule has 3 rings (SSSR count). The molecular weight excluding hydrogens is 272 g/mol. The zero-order valence-electron chi connectivity index (χ0n) is 12.3. The normalized spacial score (nSPS) is 19.6. The number of aromatic nitrogens is 4. The molecule has 0 bridgehead atoms. The van der Waals surface area contributed by atoms with Gasteiger partial charge in [0.2, 0.25) is 5.95 Å². The summed E-state index contributed by atoms with van der Waals surface area (Å²) in [6.45, 7) is 2.01. The van der Waals surface area contributed by atoms with Gasteiger partial charge in [-0.05, 0) is 32.4 Å². The van der Waals surface area contributed by atoms with Crippen molar-refractivity contribution in [3.63, 3.8) is 0 Å². The molecular formula is C13H20N6O2. The van der Waals surface area contributed by atoms with E-state index in [1.807, 2.05) is 0 Å². The van der Waals surface area contributed by atoms with Crippen LogP contribution in [0, 0.1) is 0 Å². The Balaban J connectivity index is 1.98. The maximum Gasteiger partial charge on any atom is 0.332 e. The number of hydrogen-bond acceptors (Lipinski definition) is 5. The fourth-order valence-corrected chi connectivity index (χ4v) is 2.75. The molecule has 3 N–H and O–H groups in total. The molecule has 1 atom stereocenters. The third-order valence-corrected chi connectivity index (χ3v) is 4.01. The maximum atomic E-state index is 12.1. The molecule has 8 heteroatoms. The standard InChI is InChI=1S/C13H20N6O2/c1-18-10-9(11(20)19(2)13(18)21)16-12(17-10)15-8-4-3-6-14-7-5-8/h8,14H,3-7H2,1-2H3,(H2,15,16,17). The number of imidazole rings is 1. The molecule has 0 amide bonds. The smallest absolute Gasteiger partial charge is 0.332 e. The van der Waals surface area contributed by atoms with Crippen LogP contribution in [0.5, 0.6) is 0 Å². The highest BCUT2D eigenvalue weighted by Gasteiger charge is 2.16. The van der Waals surface area contributed by atoms with Gasteiger partial charge in [-0.25, -0.2) is 4.79 Å². The average molecular weight is 292 g/mol. The molecule has 1 saturated heterocycles. The summed E-state index contributed by atoms with van der Waals surface area (Å²) in [6, 6.07) is 0.321. The summed E-state index contributed by atoms with van der Waals surface area (Å²) >= 11 is 0. The van der Waals surface area contributed by atoms with Crippen LogP contribution in [0.3, 0.4) is 0 Å². The Morgan fingerprint density at radius 3 is 2.81 bits per heavy atom. The van der Waals surface area contributed by atoms with Crippen molar-refractivity contribution in [1.29, 1.82) is 0 Å². The lowest BCUT2D eigenvalue weighted by Crippen LogP contribution is -2.36. The number of fused-ring (bicyclic) bond motifs is 1. The predicted octanol–water partition coefficient (Wildman–Crippen LogP) is -0.486. The van der Waals surface area contributed by atoms with Gasteiger partial charge in [0.1, 0.15) is 0 Å². The zero-order chi connectivity index (χ0) is 15.0. The maximum absolute atomic E-state index is 12.1. The summed E-state index contributed by atoms with van der Waals surface area (Å²) in [6.07, 6.45) is 3.17. The molecule has 0 aromatic carbocycles. The van der Waals surface area contributed by atoms with Gasteiger partial charge in [-0.1, -0.05) is 0 Å². The van der Waals surface area contributed by atoms with E-state index in [4.69, 9.17) is 0 Å². The molecule has 1 aliphatic heterocycles. The van der Waals surface area contributed by atoms with Crippen molar-refractivity contribution in [2.75, 3.05) is 18.4 Å². The Morgan fingerprint density at radius 1 is 1.19 bits per heavy atom. The van der Waals surface area contributed by atoms with Crippen LogP contribution in [0.1, 0.15) is 19.3 Å². The van der Waals surface area contributed by atoms with Crippen molar-refractivity contribution in [3.8, 4) is 0 Å². The van der Waals surface area contributed by atoms with Crippen molar-refractivity contribution in [2.45, 2.75) is 25.3 Å². The number of aromatic amines is 1. The summed E-state index contributed by atoms with van der Waals surface area (Å²) in [5.74, 6) is 0.551. The van der Waals surface area contributed by atoms with E-state index < -0.39 is 0 Å². The van der Waals surface area contributed by atoms with Gasteiger partial charge in [-0.15, -0.1) is 0 Å². The zero-order valence-corrected chi connectivity index (χ0v) is 12.3. The second kappa shape index (κ2) is 5.36. The number of nitrogens with zero attached hydrogens (tertiary/aromatic N) is 3. The lowest BCUT2D eigenvalue weighted by Gasteiger charge is -2.14. The first-order valence-corrected chi connectivity index (χ1v) is 7.21. The molecule has 3 heterocycles. The van der Waals surface area contributed by atoms with E-state index in [-0.39, 0.29) is 11.2 Å². The minimum atomic E-state index is -0.371. The Kier molecular flexibility index (Phi) is 3.54. The summed E-state index contributed by atoms with van der Waals surface area (Å²) in [5, 5.41) is 6.69. The Morgan fingerprint density at radius 2 is 2.00 bits per heavy atom. The first-order valence-electron chi connectivity index (χ1n) is 7.21. The lowest BCUT2D eigenvalue weighted by atomic mass is 10.1. The molecule has 8 nitrogen and oxygen atoms in total. The van der Waals surface area contributed by atoms with Crippen molar-refractivity contribution in [3.05, 3.63) is 20.8 Å². The topological polar surface area (TPSA) is 96.7 Å². The van der Waals surface area contributed by atoms with Crippen LogP contribution in [0.4, 0.5) is 5.95 Å². The van der Waals surface area contributed by atoms with Gasteiger partial charge >= 0.3 is 5.69 Å². The van der Waals surface area contributed by atoms with E-state index >= 15 is 0 Å². The molecule has 1 aliphatic rings. The molecule has 21 heavy (non-hydrogen) atoms. The van der Waals surface area contributed by atoms with Gasteiger partial charge in [0.25, 0.3) is 5.56 Å². The fraction of sp³-hybridized carbons (Fsp3) is 0.615. The number of anilines is 1. The van der Waals surface area contributed by atoms with Crippen LogP contribution in [0.2, 0.25) is 0 Å². The van der Waals surface area contributed by atoms with E-state index in [0.29, 0.717) is 23.2 Å². The second-order valence-electron chi connectivity index (χ2n) is 5.51. The number of rotatable bonds is 2. The molecule has 0 saturated carbocycles. The number of hydrogen-bond donors (Lipinski definition) is 3. The van der Waals surface area contributed by atoms with Crippen LogP contribution in [-0.4, -0.2) is 38.2 Å². The predicted molar refractivity (Wildman–Crippen MR) is 80.7 cm³/mol. The van der Waals surface area contributed by atoms with Crippen LogP contribution < -0.4 is 21.9 Å². The quantitative estimate of drug-likeness (QED) is 0.694. The lowest BCUT2D eigenvalue weighted by molar-refractivity contribution is 0.633. The summed E-state index contributed by atoms with van der Waals surface area (Å²) < 4.78 is 2.47. The Hall–Kier alpha value is -2.09. The number of aryl methyl sites for hydroxylation is 1. The van der Waals surface area contributed by atoms with E-state index in [0.717, 1.165) is 36.9 Å². The average Bonchev–Trinajstić information content (AvgIpc) is 2.72. The van der Waals surface area contributed by atoms with Crippen molar-refractivity contribution < 1.29 is 0 Å². The highest BCUT2D eigenvalue weighted by Crippen LogP contribution is 2.14. The molecule has 1 unspecified atom stereocenters. The summed E-state index contributed by atoms with van der Waals surface area (Å²) in [4.78, 5) is 31.4. The second-order valence-corrected chi connectivity index (χ2v) is 5.51. The monoisotopic (exact) mass is 292 g/mol. The minimum Gasteiger partial charge on any atom is -0.353 e. The van der Waals surface area contributed by atoms with Crippen LogP contribution in [0.25, 0.3) is 11.2 Å². The highest BCUT2D eigenvalue weighted by molar-refractivity contribution is 5.72. The molecule has 2 aromatic rings. The van der Waals surface area contributed by atoms with Crippen molar-refractivity contribution in [1.82, 2.24) is 24.4 Å². The highest BCUT2D eigenvalue weighted by atomic mass is 16.2.